The molecule has 2 aromatic carbocycles. The molecule has 0 spiro atoms. The summed E-state index contributed by atoms with van der Waals surface area (Å²) in [6.07, 6.45) is 0.747. The number of nitrogens with one attached hydrogen (secondary N) is 1. The van der Waals surface area contributed by atoms with Crippen LogP contribution in [-0.2, 0) is 10.2 Å². The summed E-state index contributed by atoms with van der Waals surface area (Å²) in [5.74, 6) is 1.30. The van der Waals surface area contributed by atoms with Gasteiger partial charge in [0.1, 0.15) is 0 Å². The van der Waals surface area contributed by atoms with Gasteiger partial charge in [0.25, 0.3) is 0 Å². The van der Waals surface area contributed by atoms with Gasteiger partial charge in [-0.05, 0) is 36.2 Å². The average molecular weight is 327 g/mol. The predicted octanol–water partition coefficient (Wildman–Crippen LogP) is 3.08. The van der Waals surface area contributed by atoms with Crippen molar-refractivity contribution in [2.45, 2.75) is 25.2 Å². The van der Waals surface area contributed by atoms with E-state index in [0.717, 1.165) is 11.3 Å². The molecule has 1 heterocycles. The molecule has 0 aromatic heterocycles. The quantitative estimate of drug-likeness (QED) is 0.855. The van der Waals surface area contributed by atoms with Crippen LogP contribution in [0.2, 0.25) is 0 Å². The van der Waals surface area contributed by atoms with Gasteiger partial charge in [-0.3, -0.25) is 4.79 Å². The van der Waals surface area contributed by atoms with Crippen LogP contribution >= 0.6 is 0 Å². The lowest BCUT2D eigenvalue weighted by Gasteiger charge is -2.29. The Bertz CT molecular complexity index is 717. The average Bonchev–Trinajstić information content (AvgIpc) is 3.03. The zero-order valence-corrected chi connectivity index (χ0v) is 13.6. The maximum Gasteiger partial charge on any atom is 0.231 e. The standard InChI is InChI=1S/C19H21NO4/c1-19(9-10-21,12-18(22)20-15-5-3-2-4-6-15)14-7-8-16-17(11-14)24-13-23-16/h2-8,11,21H,9-10,12-13H2,1H3,(H,20,22). The highest BCUT2D eigenvalue weighted by molar-refractivity contribution is 5.91. The monoisotopic (exact) mass is 327 g/mol. The predicted molar refractivity (Wildman–Crippen MR) is 91.3 cm³/mol. The number of benzene rings is 2. The van der Waals surface area contributed by atoms with Crippen LogP contribution in [0, 0.1) is 0 Å². The van der Waals surface area contributed by atoms with Gasteiger partial charge in [-0.25, -0.2) is 0 Å². The Kier molecular flexibility index (Phi) is 4.71. The Hall–Kier alpha value is -2.53. The highest BCUT2D eigenvalue weighted by Gasteiger charge is 2.31. The summed E-state index contributed by atoms with van der Waals surface area (Å²) in [6.45, 7) is 2.19. The fourth-order valence-corrected chi connectivity index (χ4v) is 2.93. The minimum absolute atomic E-state index is 0.00353. The van der Waals surface area contributed by atoms with Gasteiger partial charge >= 0.3 is 0 Å². The zero-order chi connectivity index (χ0) is 17.0. The molecule has 1 atom stereocenters. The van der Waals surface area contributed by atoms with Gasteiger partial charge in [0.15, 0.2) is 11.5 Å². The summed E-state index contributed by atoms with van der Waals surface area (Å²) >= 11 is 0. The number of aliphatic hydroxyl groups excluding tert-OH is 1. The van der Waals surface area contributed by atoms with Gasteiger partial charge < -0.3 is 19.9 Å². The largest absolute Gasteiger partial charge is 0.454 e. The van der Waals surface area contributed by atoms with E-state index in [1.165, 1.54) is 0 Å². The molecule has 1 unspecified atom stereocenters. The first kappa shape index (κ1) is 16.3. The molecular weight excluding hydrogens is 306 g/mol. The molecule has 24 heavy (non-hydrogen) atoms. The van der Waals surface area contributed by atoms with Crippen LogP contribution < -0.4 is 14.8 Å². The number of rotatable bonds is 6. The number of fused-ring (bicyclic) bond motifs is 1. The summed E-state index contributed by atoms with van der Waals surface area (Å²) in [5.41, 5.74) is 1.22. The van der Waals surface area contributed by atoms with E-state index in [1.54, 1.807) is 0 Å². The van der Waals surface area contributed by atoms with Crippen LogP contribution in [0.3, 0.4) is 0 Å². The van der Waals surface area contributed by atoms with E-state index < -0.39 is 5.41 Å². The maximum absolute atomic E-state index is 12.5. The molecule has 0 bridgehead atoms. The summed E-state index contributed by atoms with van der Waals surface area (Å²) in [7, 11) is 0. The number of carbonyl (C=O) groups excluding carboxylic acids is 1. The second-order valence-electron chi connectivity index (χ2n) is 6.19. The minimum Gasteiger partial charge on any atom is -0.454 e. The lowest BCUT2D eigenvalue weighted by molar-refractivity contribution is -0.117. The lowest BCUT2D eigenvalue weighted by Crippen LogP contribution is -2.30. The fourth-order valence-electron chi connectivity index (χ4n) is 2.93. The van der Waals surface area contributed by atoms with Crippen molar-refractivity contribution in [1.82, 2.24) is 0 Å². The van der Waals surface area contributed by atoms with Crippen LogP contribution in [0.5, 0.6) is 11.5 Å². The first-order chi connectivity index (χ1) is 11.6. The van der Waals surface area contributed by atoms with Crippen LogP contribution in [0.4, 0.5) is 5.69 Å². The van der Waals surface area contributed by atoms with E-state index in [1.807, 2.05) is 55.5 Å². The van der Waals surface area contributed by atoms with Gasteiger partial charge in [-0.2, -0.15) is 0 Å². The van der Waals surface area contributed by atoms with Crippen LogP contribution in [0.1, 0.15) is 25.3 Å². The number of hydrogen-bond acceptors (Lipinski definition) is 4. The van der Waals surface area contributed by atoms with E-state index in [-0.39, 0.29) is 25.7 Å². The van der Waals surface area contributed by atoms with Crippen LogP contribution in [0.15, 0.2) is 48.5 Å². The minimum atomic E-state index is -0.491. The molecule has 0 aliphatic carbocycles. The normalized spacial score (nSPS) is 14.9. The van der Waals surface area contributed by atoms with Crippen molar-refractivity contribution in [1.29, 1.82) is 0 Å². The molecule has 1 amide bonds. The molecule has 0 saturated heterocycles. The summed E-state index contributed by atoms with van der Waals surface area (Å²) in [6, 6.07) is 15.0. The molecule has 126 valence electrons. The van der Waals surface area contributed by atoms with Crippen molar-refractivity contribution in [3.63, 3.8) is 0 Å². The first-order valence-electron chi connectivity index (χ1n) is 7.97. The number of amides is 1. The summed E-state index contributed by atoms with van der Waals surface area (Å²) < 4.78 is 10.8. The van der Waals surface area contributed by atoms with Gasteiger partial charge in [-0.15, -0.1) is 0 Å². The molecular formula is C19H21NO4. The molecule has 1 aliphatic rings. The third-order valence-electron chi connectivity index (χ3n) is 4.34. The molecule has 1 aliphatic heterocycles. The van der Waals surface area contributed by atoms with Crippen molar-refractivity contribution in [3.05, 3.63) is 54.1 Å². The molecule has 0 radical (unpaired) electrons. The van der Waals surface area contributed by atoms with E-state index in [4.69, 9.17) is 9.47 Å². The topological polar surface area (TPSA) is 67.8 Å². The van der Waals surface area contributed by atoms with Crippen LogP contribution in [-0.4, -0.2) is 24.4 Å². The number of carbonyl (C=O) groups is 1. The molecule has 0 saturated carbocycles. The van der Waals surface area contributed by atoms with E-state index in [0.29, 0.717) is 17.9 Å². The maximum atomic E-state index is 12.5. The molecule has 2 aromatic rings. The molecule has 0 fully saturated rings. The Balaban J connectivity index is 1.78. The van der Waals surface area contributed by atoms with Gasteiger partial charge in [0.05, 0.1) is 0 Å². The summed E-state index contributed by atoms with van der Waals surface area (Å²) in [4.78, 5) is 12.5. The third kappa shape index (κ3) is 3.51. The Labute approximate surface area is 141 Å². The van der Waals surface area contributed by atoms with E-state index >= 15 is 0 Å². The highest BCUT2D eigenvalue weighted by atomic mass is 16.7. The Morgan fingerprint density at radius 1 is 1.17 bits per heavy atom. The number of anilines is 1. The fraction of sp³-hybridized carbons (Fsp3) is 0.316. The Morgan fingerprint density at radius 3 is 2.67 bits per heavy atom. The SMILES string of the molecule is CC(CCO)(CC(=O)Nc1ccccc1)c1ccc2c(c1)OCO2. The highest BCUT2D eigenvalue weighted by Crippen LogP contribution is 2.39. The number of ether oxygens (including phenoxy) is 2. The smallest absolute Gasteiger partial charge is 0.231 e. The van der Waals surface area contributed by atoms with E-state index in [9.17, 15) is 9.90 Å². The molecule has 2 N–H and O–H groups in total. The number of aliphatic hydroxyl groups is 1. The van der Waals surface area contributed by atoms with Crippen molar-refractivity contribution in [3.8, 4) is 11.5 Å². The molecule has 5 heteroatoms. The first-order valence-corrected chi connectivity index (χ1v) is 7.97. The van der Waals surface area contributed by atoms with Crippen LogP contribution in [0.25, 0.3) is 0 Å². The molecule has 3 rings (SSSR count). The second-order valence-corrected chi connectivity index (χ2v) is 6.19. The van der Waals surface area contributed by atoms with E-state index in [2.05, 4.69) is 5.32 Å². The van der Waals surface area contributed by atoms with Gasteiger partial charge in [0, 0.05) is 24.1 Å². The van der Waals surface area contributed by atoms with Crippen molar-refractivity contribution in [2.75, 3.05) is 18.7 Å². The van der Waals surface area contributed by atoms with Crippen molar-refractivity contribution >= 4 is 11.6 Å². The Morgan fingerprint density at radius 2 is 1.92 bits per heavy atom. The molecule has 5 nitrogen and oxygen atoms in total. The zero-order valence-electron chi connectivity index (χ0n) is 13.6. The van der Waals surface area contributed by atoms with Gasteiger partial charge in [-0.1, -0.05) is 31.2 Å². The number of hydrogen-bond donors (Lipinski definition) is 2. The van der Waals surface area contributed by atoms with Gasteiger partial charge in [0.2, 0.25) is 12.7 Å². The van der Waals surface area contributed by atoms with Crippen molar-refractivity contribution < 1.29 is 19.4 Å². The third-order valence-corrected chi connectivity index (χ3v) is 4.34. The lowest BCUT2D eigenvalue weighted by atomic mass is 9.76. The van der Waals surface area contributed by atoms with Crippen molar-refractivity contribution in [2.24, 2.45) is 0 Å². The summed E-state index contributed by atoms with van der Waals surface area (Å²) in [5, 5.41) is 12.4. The second kappa shape index (κ2) is 6.93. The number of para-hydroxylation sites is 1.